The van der Waals surface area contributed by atoms with Crippen molar-refractivity contribution in [2.75, 3.05) is 27.4 Å². The van der Waals surface area contributed by atoms with Crippen LogP contribution < -0.4 is 0 Å². The van der Waals surface area contributed by atoms with Gasteiger partial charge in [-0.15, -0.1) is 0 Å². The Morgan fingerprint density at radius 3 is 2.28 bits per heavy atom. The average Bonchev–Trinajstić information content (AvgIpc) is 2.95. The van der Waals surface area contributed by atoms with Crippen LogP contribution in [0.15, 0.2) is 30.3 Å². The second kappa shape index (κ2) is 9.52. The number of aromatic nitrogens is 1. The summed E-state index contributed by atoms with van der Waals surface area (Å²) in [6.07, 6.45) is 0. The second-order valence-electron chi connectivity index (χ2n) is 6.88. The minimum Gasteiger partial charge on any atom is -0.464 e. The van der Waals surface area contributed by atoms with Crippen LogP contribution in [-0.4, -0.2) is 60.5 Å². The molecule has 1 aromatic carbocycles. The number of hydrogen-bond donors (Lipinski definition) is 0. The van der Waals surface area contributed by atoms with E-state index in [1.807, 2.05) is 6.07 Å². The fourth-order valence-electron chi connectivity index (χ4n) is 3.48. The van der Waals surface area contributed by atoms with Gasteiger partial charge in [-0.05, 0) is 38.5 Å². The molecule has 1 atom stereocenters. The molecule has 0 bridgehead atoms. The standard InChI is InChI=1S/C22H28N2O5/c1-14-18(15(2)23(4)19(14)22(27)29-6)20(25)16(3)24(12-13-28-5)21(26)17-10-8-7-9-11-17/h7-11,16H,12-13H2,1-6H3. The van der Waals surface area contributed by atoms with Crippen LogP contribution in [0.5, 0.6) is 0 Å². The van der Waals surface area contributed by atoms with E-state index in [-0.39, 0.29) is 18.2 Å². The van der Waals surface area contributed by atoms with Gasteiger partial charge in [0.2, 0.25) is 0 Å². The van der Waals surface area contributed by atoms with E-state index in [4.69, 9.17) is 9.47 Å². The molecular weight excluding hydrogens is 372 g/mol. The van der Waals surface area contributed by atoms with Gasteiger partial charge in [-0.3, -0.25) is 9.59 Å². The third kappa shape index (κ3) is 4.40. The lowest BCUT2D eigenvalue weighted by molar-refractivity contribution is 0.0563. The summed E-state index contributed by atoms with van der Waals surface area (Å²) in [7, 11) is 4.57. The third-order valence-corrected chi connectivity index (χ3v) is 5.22. The molecule has 0 aliphatic heterocycles. The monoisotopic (exact) mass is 400 g/mol. The molecule has 7 nitrogen and oxygen atoms in total. The van der Waals surface area contributed by atoms with Gasteiger partial charge in [-0.2, -0.15) is 0 Å². The summed E-state index contributed by atoms with van der Waals surface area (Å²) in [5.74, 6) is -0.981. The Bertz CT molecular complexity index is 902. The summed E-state index contributed by atoms with van der Waals surface area (Å²) in [4.78, 5) is 40.1. The summed E-state index contributed by atoms with van der Waals surface area (Å²) in [5, 5.41) is 0. The van der Waals surface area contributed by atoms with Gasteiger partial charge in [-0.25, -0.2) is 4.79 Å². The Morgan fingerprint density at radius 1 is 1.10 bits per heavy atom. The van der Waals surface area contributed by atoms with Gasteiger partial charge in [0.05, 0.1) is 19.8 Å². The van der Waals surface area contributed by atoms with Crippen LogP contribution in [-0.2, 0) is 16.5 Å². The Hall–Kier alpha value is -2.93. The fourth-order valence-corrected chi connectivity index (χ4v) is 3.48. The number of benzene rings is 1. The molecule has 0 saturated heterocycles. The molecule has 29 heavy (non-hydrogen) atoms. The van der Waals surface area contributed by atoms with Gasteiger partial charge in [0.25, 0.3) is 5.91 Å². The second-order valence-corrected chi connectivity index (χ2v) is 6.88. The van der Waals surface area contributed by atoms with E-state index in [1.54, 1.807) is 63.8 Å². The van der Waals surface area contributed by atoms with Crippen molar-refractivity contribution in [3.63, 3.8) is 0 Å². The van der Waals surface area contributed by atoms with Gasteiger partial charge in [0, 0.05) is 37.5 Å². The highest BCUT2D eigenvalue weighted by molar-refractivity contribution is 6.07. The number of methoxy groups -OCH3 is 2. The van der Waals surface area contributed by atoms with E-state index >= 15 is 0 Å². The van der Waals surface area contributed by atoms with E-state index in [0.717, 1.165) is 0 Å². The van der Waals surface area contributed by atoms with Crippen LogP contribution >= 0.6 is 0 Å². The van der Waals surface area contributed by atoms with Crippen LogP contribution in [0.1, 0.15) is 49.4 Å². The van der Waals surface area contributed by atoms with Crippen molar-refractivity contribution in [3.8, 4) is 0 Å². The number of carbonyl (C=O) groups excluding carboxylic acids is 3. The zero-order valence-corrected chi connectivity index (χ0v) is 17.8. The first-order valence-electron chi connectivity index (χ1n) is 9.39. The molecule has 2 aromatic rings. The molecule has 0 N–H and O–H groups in total. The number of Topliss-reactive ketones (excluding diaryl/α,β-unsaturated/α-hetero) is 1. The predicted octanol–water partition coefficient (Wildman–Crippen LogP) is 2.79. The van der Waals surface area contributed by atoms with Gasteiger partial charge in [0.1, 0.15) is 5.69 Å². The minimum absolute atomic E-state index is 0.230. The lowest BCUT2D eigenvalue weighted by Gasteiger charge is -2.28. The topological polar surface area (TPSA) is 77.8 Å². The van der Waals surface area contributed by atoms with Gasteiger partial charge in [-0.1, -0.05) is 18.2 Å². The summed E-state index contributed by atoms with van der Waals surface area (Å²) in [5.41, 5.74) is 2.47. The molecule has 7 heteroatoms. The normalized spacial score (nSPS) is 11.8. The minimum atomic E-state index is -0.733. The molecule has 2 rings (SSSR count). The van der Waals surface area contributed by atoms with Crippen LogP contribution in [0.25, 0.3) is 0 Å². The lowest BCUT2D eigenvalue weighted by Crippen LogP contribution is -2.45. The van der Waals surface area contributed by atoms with Crippen LogP contribution in [0.2, 0.25) is 0 Å². The molecule has 1 aromatic heterocycles. The summed E-state index contributed by atoms with van der Waals surface area (Å²) < 4.78 is 11.6. The van der Waals surface area contributed by atoms with E-state index in [9.17, 15) is 14.4 Å². The van der Waals surface area contributed by atoms with Crippen LogP contribution in [0.3, 0.4) is 0 Å². The average molecular weight is 400 g/mol. The van der Waals surface area contributed by atoms with Crippen molar-refractivity contribution < 1.29 is 23.9 Å². The van der Waals surface area contributed by atoms with Crippen molar-refractivity contribution in [2.24, 2.45) is 7.05 Å². The lowest BCUT2D eigenvalue weighted by atomic mass is 9.99. The number of hydrogen-bond acceptors (Lipinski definition) is 5. The zero-order valence-electron chi connectivity index (χ0n) is 17.8. The highest BCUT2D eigenvalue weighted by Crippen LogP contribution is 2.25. The Labute approximate surface area is 171 Å². The summed E-state index contributed by atoms with van der Waals surface area (Å²) in [6, 6.07) is 8.09. The van der Waals surface area contributed by atoms with Crippen molar-refractivity contribution >= 4 is 17.7 Å². The number of ether oxygens (including phenoxy) is 2. The van der Waals surface area contributed by atoms with Crippen molar-refractivity contribution in [3.05, 3.63) is 58.4 Å². The molecule has 156 valence electrons. The first kappa shape index (κ1) is 22.4. The van der Waals surface area contributed by atoms with Gasteiger partial charge in [0.15, 0.2) is 5.78 Å². The predicted molar refractivity (Wildman–Crippen MR) is 109 cm³/mol. The van der Waals surface area contributed by atoms with Gasteiger partial charge >= 0.3 is 5.97 Å². The van der Waals surface area contributed by atoms with Crippen LogP contribution in [0.4, 0.5) is 0 Å². The number of carbonyl (C=O) groups is 3. The number of ketones is 1. The van der Waals surface area contributed by atoms with Crippen molar-refractivity contribution in [1.29, 1.82) is 0 Å². The Balaban J connectivity index is 2.44. The van der Waals surface area contributed by atoms with E-state index in [2.05, 4.69) is 0 Å². The number of amides is 1. The smallest absolute Gasteiger partial charge is 0.354 e. The third-order valence-electron chi connectivity index (χ3n) is 5.22. The van der Waals surface area contributed by atoms with Crippen LogP contribution in [0, 0.1) is 13.8 Å². The maximum atomic E-state index is 13.4. The van der Waals surface area contributed by atoms with E-state index in [1.165, 1.54) is 12.0 Å². The quantitative estimate of drug-likeness (QED) is 0.503. The molecule has 0 aliphatic rings. The van der Waals surface area contributed by atoms with Crippen molar-refractivity contribution in [1.82, 2.24) is 9.47 Å². The maximum Gasteiger partial charge on any atom is 0.354 e. The summed E-state index contributed by atoms with van der Waals surface area (Å²) >= 11 is 0. The van der Waals surface area contributed by atoms with Gasteiger partial charge < -0.3 is 18.9 Å². The number of esters is 1. The maximum absolute atomic E-state index is 13.4. The molecule has 0 fully saturated rings. The molecule has 0 aliphatic carbocycles. The molecule has 0 radical (unpaired) electrons. The first-order valence-corrected chi connectivity index (χ1v) is 9.39. The SMILES string of the molecule is COCCN(C(=O)c1ccccc1)C(C)C(=O)c1c(C)c(C(=O)OC)n(C)c1C. The Morgan fingerprint density at radius 2 is 1.72 bits per heavy atom. The fraction of sp³-hybridized carbons (Fsp3) is 0.409. The molecule has 0 saturated carbocycles. The largest absolute Gasteiger partial charge is 0.464 e. The highest BCUT2D eigenvalue weighted by atomic mass is 16.5. The van der Waals surface area contributed by atoms with Crippen molar-refractivity contribution in [2.45, 2.75) is 26.8 Å². The number of rotatable bonds is 8. The zero-order chi connectivity index (χ0) is 21.7. The molecule has 1 heterocycles. The molecule has 1 amide bonds. The molecular formula is C22H28N2O5. The molecule has 1 unspecified atom stereocenters. The Kier molecular flexibility index (Phi) is 7.34. The van der Waals surface area contributed by atoms with E-state index in [0.29, 0.717) is 34.7 Å². The number of nitrogens with zero attached hydrogens (tertiary/aromatic N) is 2. The van der Waals surface area contributed by atoms with E-state index < -0.39 is 12.0 Å². The highest BCUT2D eigenvalue weighted by Gasteiger charge is 2.32. The first-order chi connectivity index (χ1) is 13.8. The summed E-state index contributed by atoms with van der Waals surface area (Å²) in [6.45, 7) is 5.76. The molecule has 0 spiro atoms.